The normalized spacial score (nSPS) is 11.4. The molecule has 0 unspecified atom stereocenters. The Balaban J connectivity index is 0.00000420. The third-order valence-electron chi connectivity index (χ3n) is 5.70. The smallest absolute Gasteiger partial charge is 0.870 e. The molecular weight excluding hydrogens is 576 g/mol. The molecule has 2 N–H and O–H groups in total. The van der Waals surface area contributed by atoms with E-state index in [9.17, 15) is 22.9 Å². The molecule has 0 atom stereocenters. The average molecular weight is 596 g/mol. The molecule has 13 heteroatoms. The van der Waals surface area contributed by atoms with Gasteiger partial charge in [0.1, 0.15) is 11.4 Å². The Morgan fingerprint density at radius 1 is 1.05 bits per heavy atom. The fraction of sp³-hybridized carbons (Fsp3) is 0.115. The van der Waals surface area contributed by atoms with Crippen molar-refractivity contribution >= 4 is 67.1 Å². The molecule has 4 rings (SSSR count). The van der Waals surface area contributed by atoms with Gasteiger partial charge in [-0.15, -0.1) is 5.11 Å². The number of anilines is 1. The summed E-state index contributed by atoms with van der Waals surface area (Å²) in [6.45, 7) is 1.66. The van der Waals surface area contributed by atoms with Crippen molar-refractivity contribution in [3.05, 3.63) is 81.8 Å². The van der Waals surface area contributed by atoms with Crippen LogP contribution < -0.4 is 44.7 Å². The van der Waals surface area contributed by atoms with Gasteiger partial charge in [-0.25, -0.2) is 0 Å². The molecule has 0 aromatic heterocycles. The molecule has 0 saturated heterocycles. The SMILES string of the molecule is CCc1c(S(=O)(=O)O)ccc(Cl)c1N=Nc1c([O-])c(C(=O)Nc2cc(Cl)ccc2OC)cc2ccccc12.[Na+]. The van der Waals surface area contributed by atoms with Gasteiger partial charge in [-0.3, -0.25) is 9.35 Å². The zero-order chi connectivity index (χ0) is 27.6. The first kappa shape index (κ1) is 30.8. The predicted octanol–water partition coefficient (Wildman–Crippen LogP) is 3.71. The number of carbonyl (C=O) groups excluding carboxylic acids is 1. The quantitative estimate of drug-likeness (QED) is 0.189. The van der Waals surface area contributed by atoms with Crippen molar-refractivity contribution in [2.75, 3.05) is 12.4 Å². The van der Waals surface area contributed by atoms with Crippen molar-refractivity contribution in [1.29, 1.82) is 0 Å². The summed E-state index contributed by atoms with van der Waals surface area (Å²) in [5, 5.41) is 25.7. The zero-order valence-electron chi connectivity index (χ0n) is 21.0. The van der Waals surface area contributed by atoms with Crippen molar-refractivity contribution in [2.24, 2.45) is 10.2 Å². The Hall–Kier alpha value is -2.70. The summed E-state index contributed by atoms with van der Waals surface area (Å²) < 4.78 is 38.6. The van der Waals surface area contributed by atoms with Crippen LogP contribution in [0.2, 0.25) is 10.0 Å². The van der Waals surface area contributed by atoms with Crippen molar-refractivity contribution in [1.82, 2.24) is 0 Å². The average Bonchev–Trinajstić information content (AvgIpc) is 2.87. The number of hydrogen-bond acceptors (Lipinski definition) is 7. The second-order valence-corrected chi connectivity index (χ2v) is 10.3. The first-order valence-corrected chi connectivity index (χ1v) is 13.3. The van der Waals surface area contributed by atoms with Crippen LogP contribution in [0.5, 0.6) is 11.5 Å². The van der Waals surface area contributed by atoms with Crippen LogP contribution in [-0.2, 0) is 16.5 Å². The number of rotatable bonds is 7. The molecule has 0 aliphatic heterocycles. The van der Waals surface area contributed by atoms with Crippen LogP contribution in [0.4, 0.5) is 17.1 Å². The van der Waals surface area contributed by atoms with Gasteiger partial charge in [0.15, 0.2) is 0 Å². The van der Waals surface area contributed by atoms with Crippen LogP contribution in [0, 0.1) is 0 Å². The van der Waals surface area contributed by atoms with Crippen molar-refractivity contribution in [2.45, 2.75) is 18.2 Å². The van der Waals surface area contributed by atoms with Crippen LogP contribution in [-0.4, -0.2) is 26.0 Å². The minimum Gasteiger partial charge on any atom is -0.870 e. The van der Waals surface area contributed by atoms with E-state index in [2.05, 4.69) is 15.5 Å². The molecule has 196 valence electrons. The number of nitrogens with zero attached hydrogens (tertiary/aromatic N) is 2. The van der Waals surface area contributed by atoms with Crippen LogP contribution in [0.1, 0.15) is 22.8 Å². The fourth-order valence-electron chi connectivity index (χ4n) is 3.93. The van der Waals surface area contributed by atoms with Crippen LogP contribution >= 0.6 is 23.2 Å². The summed E-state index contributed by atoms with van der Waals surface area (Å²) in [5.74, 6) is -1.10. The number of carbonyl (C=O) groups is 1. The molecule has 0 radical (unpaired) electrons. The molecular formula is C26H20Cl2N3NaO6S. The molecule has 0 aliphatic carbocycles. The van der Waals surface area contributed by atoms with E-state index in [0.717, 1.165) is 0 Å². The molecule has 4 aromatic rings. The predicted molar refractivity (Wildman–Crippen MR) is 144 cm³/mol. The Labute approximate surface area is 256 Å². The maximum atomic E-state index is 13.5. The number of halogens is 2. The summed E-state index contributed by atoms with van der Waals surface area (Å²) in [6, 6.07) is 15.3. The standard InChI is InChI=1S/C26H21Cl2N3O6S.Na/c1-3-16-22(38(34,35)36)11-9-19(28)23(16)30-31-24-17-7-5-4-6-14(17)12-18(25(24)32)26(33)29-20-13-15(27)8-10-21(20)37-2;/h4-13,32H,3H2,1-2H3,(H,29,33)(H,34,35,36);/q;+1/p-1. The van der Waals surface area contributed by atoms with E-state index in [1.54, 1.807) is 43.3 Å². The summed E-state index contributed by atoms with van der Waals surface area (Å²) in [6.07, 6.45) is 0.152. The molecule has 0 aliphatic rings. The molecule has 0 spiro atoms. The van der Waals surface area contributed by atoms with Gasteiger partial charge in [0.25, 0.3) is 16.0 Å². The number of benzene rings is 4. The van der Waals surface area contributed by atoms with Crippen molar-refractivity contribution in [3.8, 4) is 11.5 Å². The summed E-state index contributed by atoms with van der Waals surface area (Å²) in [7, 11) is -3.13. The molecule has 0 bridgehead atoms. The minimum absolute atomic E-state index is 0. The Bertz CT molecular complexity index is 1710. The van der Waals surface area contributed by atoms with E-state index in [0.29, 0.717) is 21.5 Å². The monoisotopic (exact) mass is 595 g/mol. The van der Waals surface area contributed by atoms with E-state index in [1.165, 1.54) is 31.4 Å². The van der Waals surface area contributed by atoms with Gasteiger partial charge in [-0.1, -0.05) is 60.1 Å². The number of methoxy groups -OCH3 is 1. The van der Waals surface area contributed by atoms with Crippen molar-refractivity contribution < 1.29 is 57.2 Å². The maximum absolute atomic E-state index is 13.5. The number of ether oxygens (including phenoxy) is 1. The number of azo groups is 1. The number of hydrogen-bond donors (Lipinski definition) is 2. The van der Waals surface area contributed by atoms with Crippen LogP contribution in [0.3, 0.4) is 0 Å². The Morgan fingerprint density at radius 3 is 2.41 bits per heavy atom. The van der Waals surface area contributed by atoms with Gasteiger partial charge in [0.2, 0.25) is 0 Å². The molecule has 0 heterocycles. The summed E-state index contributed by atoms with van der Waals surface area (Å²) in [4.78, 5) is 12.8. The second-order valence-electron chi connectivity index (χ2n) is 8.02. The molecule has 4 aromatic carbocycles. The molecule has 1 amide bonds. The van der Waals surface area contributed by atoms with Crippen molar-refractivity contribution in [3.63, 3.8) is 0 Å². The van der Waals surface area contributed by atoms with E-state index in [1.807, 2.05) is 0 Å². The van der Waals surface area contributed by atoms with Crippen LogP contribution in [0.25, 0.3) is 10.8 Å². The third kappa shape index (κ3) is 6.55. The van der Waals surface area contributed by atoms with Gasteiger partial charge < -0.3 is 15.2 Å². The van der Waals surface area contributed by atoms with E-state index >= 15 is 0 Å². The Kier molecular flexibility index (Phi) is 10.0. The molecule has 0 saturated carbocycles. The number of amides is 1. The molecule has 9 nitrogen and oxygen atoms in total. The van der Waals surface area contributed by atoms with Gasteiger partial charge in [0, 0.05) is 21.5 Å². The molecule has 0 fully saturated rings. The van der Waals surface area contributed by atoms with Gasteiger partial charge >= 0.3 is 29.6 Å². The largest absolute Gasteiger partial charge is 1.00 e. The van der Waals surface area contributed by atoms with Gasteiger partial charge in [-0.05, 0) is 48.2 Å². The fourth-order valence-corrected chi connectivity index (χ4v) is 5.10. The molecule has 39 heavy (non-hydrogen) atoms. The third-order valence-corrected chi connectivity index (χ3v) is 7.18. The second kappa shape index (κ2) is 12.6. The topological polar surface area (TPSA) is 140 Å². The van der Waals surface area contributed by atoms with E-state index in [-0.39, 0.29) is 74.1 Å². The maximum Gasteiger partial charge on any atom is 1.00 e. The van der Waals surface area contributed by atoms with Gasteiger partial charge in [0.05, 0.1) is 28.4 Å². The zero-order valence-corrected chi connectivity index (χ0v) is 25.4. The summed E-state index contributed by atoms with van der Waals surface area (Å²) >= 11 is 12.3. The van der Waals surface area contributed by atoms with Gasteiger partial charge in [-0.2, -0.15) is 13.5 Å². The number of fused-ring (bicyclic) bond motifs is 1. The Morgan fingerprint density at radius 2 is 1.74 bits per heavy atom. The van der Waals surface area contributed by atoms with E-state index in [4.69, 9.17) is 27.9 Å². The van der Waals surface area contributed by atoms with E-state index < -0.39 is 21.8 Å². The van der Waals surface area contributed by atoms with Crippen LogP contribution in [0.15, 0.2) is 75.8 Å². The first-order valence-electron chi connectivity index (χ1n) is 11.1. The summed E-state index contributed by atoms with van der Waals surface area (Å²) in [5.41, 5.74) is 0.00532. The number of nitrogens with one attached hydrogen (secondary N) is 1. The first-order chi connectivity index (χ1) is 18.0. The minimum atomic E-state index is -4.56.